The van der Waals surface area contributed by atoms with E-state index in [0.29, 0.717) is 18.0 Å². The zero-order valence-corrected chi connectivity index (χ0v) is 14.6. The van der Waals surface area contributed by atoms with Crippen molar-refractivity contribution in [3.8, 4) is 0 Å². The first-order valence-electron chi connectivity index (χ1n) is 7.68. The lowest BCUT2D eigenvalue weighted by Gasteiger charge is -2.29. The van der Waals surface area contributed by atoms with Crippen LogP contribution in [0.3, 0.4) is 0 Å². The maximum Gasteiger partial charge on any atom is 0.0348 e. The molecule has 21 heavy (non-hydrogen) atoms. The van der Waals surface area contributed by atoms with E-state index in [1.54, 1.807) is 0 Å². The highest BCUT2D eigenvalue weighted by atomic mass is 79.9. The standard InChI is InChI=1S/C19H24BrN/c1-4-18(15-10-12-17(20)13-11-15)21-19(14(2)3)16-8-6-5-7-9-16/h5-14,18-19,21H,4H2,1-3H3. The summed E-state index contributed by atoms with van der Waals surface area (Å²) in [5.41, 5.74) is 2.71. The second-order valence-corrected chi connectivity index (χ2v) is 6.73. The van der Waals surface area contributed by atoms with Crippen LogP contribution in [0.15, 0.2) is 59.1 Å². The SMILES string of the molecule is CCC(NC(c1ccccc1)C(C)C)c1ccc(Br)cc1. The molecule has 2 heteroatoms. The highest BCUT2D eigenvalue weighted by Gasteiger charge is 2.20. The number of rotatable bonds is 6. The van der Waals surface area contributed by atoms with E-state index >= 15 is 0 Å². The van der Waals surface area contributed by atoms with Crippen molar-refractivity contribution in [1.29, 1.82) is 0 Å². The van der Waals surface area contributed by atoms with Crippen molar-refractivity contribution in [2.45, 2.75) is 39.3 Å². The fraction of sp³-hybridized carbons (Fsp3) is 0.368. The maximum atomic E-state index is 3.84. The second kappa shape index (κ2) is 7.77. The van der Waals surface area contributed by atoms with Gasteiger partial charge in [-0.15, -0.1) is 0 Å². The highest BCUT2D eigenvalue weighted by molar-refractivity contribution is 9.10. The number of halogens is 1. The number of hydrogen-bond acceptors (Lipinski definition) is 1. The van der Waals surface area contributed by atoms with Gasteiger partial charge in [-0.2, -0.15) is 0 Å². The molecule has 0 aliphatic carbocycles. The van der Waals surface area contributed by atoms with Gasteiger partial charge in [-0.3, -0.25) is 0 Å². The molecule has 0 aliphatic heterocycles. The first kappa shape index (κ1) is 16.3. The van der Waals surface area contributed by atoms with Gasteiger partial charge in [0.25, 0.3) is 0 Å². The first-order valence-corrected chi connectivity index (χ1v) is 8.47. The van der Waals surface area contributed by atoms with E-state index in [1.165, 1.54) is 11.1 Å². The summed E-state index contributed by atoms with van der Waals surface area (Å²) in [4.78, 5) is 0. The Morgan fingerprint density at radius 3 is 2.05 bits per heavy atom. The van der Waals surface area contributed by atoms with Gasteiger partial charge in [0.15, 0.2) is 0 Å². The fourth-order valence-corrected chi connectivity index (χ4v) is 2.96. The Morgan fingerprint density at radius 1 is 0.905 bits per heavy atom. The summed E-state index contributed by atoms with van der Waals surface area (Å²) in [6, 6.07) is 20.1. The molecule has 0 saturated carbocycles. The largest absolute Gasteiger partial charge is 0.303 e. The zero-order valence-electron chi connectivity index (χ0n) is 13.0. The predicted octanol–water partition coefficient (Wildman–Crippen LogP) is 5.89. The molecule has 0 aliphatic rings. The second-order valence-electron chi connectivity index (χ2n) is 5.81. The molecule has 2 aromatic rings. The smallest absolute Gasteiger partial charge is 0.0348 e. The Hall–Kier alpha value is -1.12. The molecule has 0 saturated heterocycles. The highest BCUT2D eigenvalue weighted by Crippen LogP contribution is 2.28. The average molecular weight is 346 g/mol. The van der Waals surface area contributed by atoms with Crippen molar-refractivity contribution >= 4 is 15.9 Å². The minimum Gasteiger partial charge on any atom is -0.303 e. The topological polar surface area (TPSA) is 12.0 Å². The van der Waals surface area contributed by atoms with Crippen molar-refractivity contribution in [2.24, 2.45) is 5.92 Å². The summed E-state index contributed by atoms with van der Waals surface area (Å²) in [5.74, 6) is 0.553. The Labute approximate surface area is 136 Å². The summed E-state index contributed by atoms with van der Waals surface area (Å²) in [7, 11) is 0. The van der Waals surface area contributed by atoms with Gasteiger partial charge in [0.05, 0.1) is 0 Å². The van der Waals surface area contributed by atoms with E-state index in [0.717, 1.165) is 10.9 Å². The Kier molecular flexibility index (Phi) is 6.01. The molecule has 2 unspecified atom stereocenters. The zero-order chi connectivity index (χ0) is 15.2. The van der Waals surface area contributed by atoms with Crippen LogP contribution >= 0.6 is 15.9 Å². The van der Waals surface area contributed by atoms with Crippen LogP contribution < -0.4 is 5.32 Å². The van der Waals surface area contributed by atoms with Crippen molar-refractivity contribution in [3.05, 3.63) is 70.2 Å². The van der Waals surface area contributed by atoms with E-state index in [2.05, 4.69) is 96.6 Å². The molecule has 0 radical (unpaired) electrons. The van der Waals surface area contributed by atoms with Crippen LogP contribution in [0, 0.1) is 5.92 Å². The third-order valence-corrected chi connectivity index (χ3v) is 4.42. The Balaban J connectivity index is 2.20. The molecule has 2 atom stereocenters. The Morgan fingerprint density at radius 2 is 1.52 bits per heavy atom. The van der Waals surface area contributed by atoms with Crippen LogP contribution in [0.5, 0.6) is 0 Å². The lowest BCUT2D eigenvalue weighted by Crippen LogP contribution is -2.29. The first-order chi connectivity index (χ1) is 10.1. The predicted molar refractivity (Wildman–Crippen MR) is 94.3 cm³/mol. The lowest BCUT2D eigenvalue weighted by molar-refractivity contribution is 0.357. The minimum absolute atomic E-state index is 0.375. The minimum atomic E-state index is 0.375. The van der Waals surface area contributed by atoms with Gasteiger partial charge < -0.3 is 5.32 Å². The fourth-order valence-electron chi connectivity index (χ4n) is 2.70. The summed E-state index contributed by atoms with van der Waals surface area (Å²) in [5, 5.41) is 3.84. The molecule has 1 nitrogen and oxygen atoms in total. The van der Waals surface area contributed by atoms with Crippen LogP contribution in [0.4, 0.5) is 0 Å². The molecule has 1 N–H and O–H groups in total. The van der Waals surface area contributed by atoms with Crippen LogP contribution in [-0.4, -0.2) is 0 Å². The number of nitrogens with one attached hydrogen (secondary N) is 1. The Bertz CT molecular complexity index is 533. The van der Waals surface area contributed by atoms with E-state index < -0.39 is 0 Å². The van der Waals surface area contributed by atoms with Gasteiger partial charge >= 0.3 is 0 Å². The van der Waals surface area contributed by atoms with Crippen molar-refractivity contribution in [2.75, 3.05) is 0 Å². The van der Waals surface area contributed by atoms with Crippen molar-refractivity contribution in [3.63, 3.8) is 0 Å². The maximum absolute atomic E-state index is 3.84. The summed E-state index contributed by atoms with van der Waals surface area (Å²) < 4.78 is 1.13. The summed E-state index contributed by atoms with van der Waals surface area (Å²) in [6.45, 7) is 6.79. The van der Waals surface area contributed by atoms with Crippen LogP contribution in [0.25, 0.3) is 0 Å². The molecule has 0 heterocycles. The number of benzene rings is 2. The van der Waals surface area contributed by atoms with Crippen molar-refractivity contribution in [1.82, 2.24) is 5.32 Å². The number of hydrogen-bond donors (Lipinski definition) is 1. The summed E-state index contributed by atoms with van der Waals surface area (Å²) >= 11 is 3.51. The molecule has 112 valence electrons. The van der Waals surface area contributed by atoms with E-state index in [4.69, 9.17) is 0 Å². The van der Waals surface area contributed by atoms with Crippen LogP contribution in [0.1, 0.15) is 50.4 Å². The molecular formula is C19H24BrN. The van der Waals surface area contributed by atoms with E-state index in [-0.39, 0.29) is 0 Å². The normalized spacial score (nSPS) is 14.1. The third-order valence-electron chi connectivity index (χ3n) is 3.89. The van der Waals surface area contributed by atoms with Gasteiger partial charge in [0, 0.05) is 16.6 Å². The summed E-state index contributed by atoms with van der Waals surface area (Å²) in [6.07, 6.45) is 1.08. The van der Waals surface area contributed by atoms with E-state index in [9.17, 15) is 0 Å². The lowest BCUT2D eigenvalue weighted by atomic mass is 9.93. The molecule has 2 rings (SSSR count). The molecule has 2 aromatic carbocycles. The van der Waals surface area contributed by atoms with Crippen LogP contribution in [-0.2, 0) is 0 Å². The van der Waals surface area contributed by atoms with Gasteiger partial charge in [-0.1, -0.05) is 79.2 Å². The third kappa shape index (κ3) is 4.42. The average Bonchev–Trinajstić information content (AvgIpc) is 2.50. The molecule has 0 amide bonds. The van der Waals surface area contributed by atoms with Crippen LogP contribution in [0.2, 0.25) is 0 Å². The van der Waals surface area contributed by atoms with Gasteiger partial charge in [-0.05, 0) is 35.6 Å². The quantitative estimate of drug-likeness (QED) is 0.688. The molecule has 0 aromatic heterocycles. The van der Waals surface area contributed by atoms with Gasteiger partial charge in [0.2, 0.25) is 0 Å². The molecule has 0 fully saturated rings. The molecule has 0 spiro atoms. The molecular weight excluding hydrogens is 322 g/mol. The molecule has 0 bridgehead atoms. The van der Waals surface area contributed by atoms with Gasteiger partial charge in [0.1, 0.15) is 0 Å². The monoisotopic (exact) mass is 345 g/mol. The van der Waals surface area contributed by atoms with Crippen molar-refractivity contribution < 1.29 is 0 Å². The van der Waals surface area contributed by atoms with Gasteiger partial charge in [-0.25, -0.2) is 0 Å². The van der Waals surface area contributed by atoms with E-state index in [1.807, 2.05) is 0 Å².